The van der Waals surface area contributed by atoms with Crippen molar-refractivity contribution < 1.29 is 14.4 Å². The van der Waals surface area contributed by atoms with Crippen LogP contribution in [0.2, 0.25) is 5.02 Å². The molecule has 1 amide bonds. The molecule has 0 spiro atoms. The Kier molecular flexibility index (Phi) is 5.22. The molecular formula is C18H13ClINO3S. The van der Waals surface area contributed by atoms with Gasteiger partial charge in [0.15, 0.2) is 11.3 Å². The van der Waals surface area contributed by atoms with Gasteiger partial charge in [0.1, 0.15) is 0 Å². The zero-order valence-electron chi connectivity index (χ0n) is 13.1. The fourth-order valence-electron chi connectivity index (χ4n) is 2.48. The van der Waals surface area contributed by atoms with Gasteiger partial charge in [0.25, 0.3) is 5.91 Å². The SMILES string of the molecule is CC1(NC(=O)c2cc(I)cc(-c3ccc(Cl)cc3)c2)C(=O)CSC1=O. The second-order valence-electron chi connectivity index (χ2n) is 5.81. The van der Waals surface area contributed by atoms with E-state index in [1.807, 2.05) is 18.2 Å². The summed E-state index contributed by atoms with van der Waals surface area (Å²) in [7, 11) is 0. The van der Waals surface area contributed by atoms with Crippen molar-refractivity contribution in [3.63, 3.8) is 0 Å². The van der Waals surface area contributed by atoms with Crippen LogP contribution >= 0.6 is 46.0 Å². The number of rotatable bonds is 3. The number of halogens is 2. The molecule has 2 aromatic carbocycles. The van der Waals surface area contributed by atoms with Gasteiger partial charge in [0.2, 0.25) is 5.12 Å². The summed E-state index contributed by atoms with van der Waals surface area (Å²) >= 11 is 8.99. The van der Waals surface area contributed by atoms with Crippen molar-refractivity contribution in [2.45, 2.75) is 12.5 Å². The molecule has 2 aromatic rings. The van der Waals surface area contributed by atoms with Crippen LogP contribution in [0.15, 0.2) is 42.5 Å². The molecule has 1 fully saturated rings. The molecule has 128 valence electrons. The number of amides is 1. The minimum absolute atomic E-state index is 0.0952. The largest absolute Gasteiger partial charge is 0.333 e. The molecule has 25 heavy (non-hydrogen) atoms. The number of Topliss-reactive ketones (excluding diaryl/α,β-unsaturated/α-hetero) is 1. The van der Waals surface area contributed by atoms with E-state index in [4.69, 9.17) is 11.6 Å². The molecule has 1 atom stereocenters. The summed E-state index contributed by atoms with van der Waals surface area (Å²) in [5.74, 6) is -0.627. The molecule has 0 aliphatic carbocycles. The number of benzene rings is 2. The minimum Gasteiger partial charge on any atom is -0.333 e. The maximum absolute atomic E-state index is 12.6. The van der Waals surface area contributed by atoms with E-state index in [0.29, 0.717) is 10.6 Å². The quantitative estimate of drug-likeness (QED) is 0.528. The van der Waals surface area contributed by atoms with E-state index in [9.17, 15) is 14.4 Å². The third-order valence-corrected chi connectivity index (χ3v) is 5.95. The van der Waals surface area contributed by atoms with Crippen LogP contribution in [0.25, 0.3) is 11.1 Å². The lowest BCUT2D eigenvalue weighted by molar-refractivity contribution is -0.127. The lowest BCUT2D eigenvalue weighted by Crippen LogP contribution is -2.54. The number of thioether (sulfide) groups is 1. The van der Waals surface area contributed by atoms with Gasteiger partial charge in [-0.1, -0.05) is 35.5 Å². The van der Waals surface area contributed by atoms with Gasteiger partial charge in [0, 0.05) is 14.2 Å². The maximum Gasteiger partial charge on any atom is 0.252 e. The van der Waals surface area contributed by atoms with Gasteiger partial charge >= 0.3 is 0 Å². The molecular weight excluding hydrogens is 473 g/mol. The third kappa shape index (κ3) is 3.75. The summed E-state index contributed by atoms with van der Waals surface area (Å²) in [6.45, 7) is 1.46. The van der Waals surface area contributed by atoms with Gasteiger partial charge in [0.05, 0.1) is 5.75 Å². The minimum atomic E-state index is -1.45. The van der Waals surface area contributed by atoms with Gasteiger partial charge < -0.3 is 5.32 Å². The number of hydrogen-bond donors (Lipinski definition) is 1. The van der Waals surface area contributed by atoms with Gasteiger partial charge in [-0.15, -0.1) is 0 Å². The Bertz CT molecular complexity index is 866. The fraction of sp³-hybridized carbons (Fsp3) is 0.167. The lowest BCUT2D eigenvalue weighted by atomic mass is 9.98. The van der Waals surface area contributed by atoms with E-state index < -0.39 is 11.4 Å². The molecule has 1 N–H and O–H groups in total. The Morgan fingerprint density at radius 2 is 1.84 bits per heavy atom. The van der Waals surface area contributed by atoms with Crippen LogP contribution in [0.3, 0.4) is 0 Å². The molecule has 0 aromatic heterocycles. The zero-order valence-corrected chi connectivity index (χ0v) is 16.9. The van der Waals surface area contributed by atoms with E-state index >= 15 is 0 Å². The van der Waals surface area contributed by atoms with E-state index in [1.54, 1.807) is 24.3 Å². The second-order valence-corrected chi connectivity index (χ2v) is 8.44. The van der Waals surface area contributed by atoms with E-state index in [-0.39, 0.29) is 16.7 Å². The van der Waals surface area contributed by atoms with Gasteiger partial charge in [-0.25, -0.2) is 0 Å². The Morgan fingerprint density at radius 3 is 2.44 bits per heavy atom. The zero-order chi connectivity index (χ0) is 18.2. The monoisotopic (exact) mass is 485 g/mol. The summed E-state index contributed by atoms with van der Waals surface area (Å²) in [5.41, 5.74) is 0.725. The van der Waals surface area contributed by atoms with Gasteiger partial charge in [-0.05, 0) is 71.0 Å². The average Bonchev–Trinajstić information content (AvgIpc) is 2.82. The molecule has 7 heteroatoms. The van der Waals surface area contributed by atoms with Crippen LogP contribution in [0.1, 0.15) is 17.3 Å². The highest BCUT2D eigenvalue weighted by Crippen LogP contribution is 2.28. The number of carbonyl (C=O) groups excluding carboxylic acids is 3. The van der Waals surface area contributed by atoms with Gasteiger partial charge in [-0.2, -0.15) is 0 Å². The van der Waals surface area contributed by atoms with Gasteiger partial charge in [-0.3, -0.25) is 14.4 Å². The Labute approximate surface area is 167 Å². The number of carbonyl (C=O) groups is 3. The molecule has 1 aliphatic heterocycles. The highest BCUT2D eigenvalue weighted by Gasteiger charge is 2.47. The van der Waals surface area contributed by atoms with Crippen LogP contribution < -0.4 is 5.32 Å². The highest BCUT2D eigenvalue weighted by molar-refractivity contribution is 14.1. The summed E-state index contributed by atoms with van der Waals surface area (Å²) in [6, 6.07) is 12.7. The fourth-order valence-corrected chi connectivity index (χ4v) is 4.28. The Hall–Kier alpha value is -1.38. The molecule has 3 rings (SSSR count). The Morgan fingerprint density at radius 1 is 1.16 bits per heavy atom. The molecule has 0 saturated carbocycles. The lowest BCUT2D eigenvalue weighted by Gasteiger charge is -2.21. The summed E-state index contributed by atoms with van der Waals surface area (Å²) in [5, 5.41) is 2.91. The first-order chi connectivity index (χ1) is 11.8. The summed E-state index contributed by atoms with van der Waals surface area (Å²) in [4.78, 5) is 36.6. The first kappa shape index (κ1) is 18.4. The van der Waals surface area contributed by atoms with Crippen molar-refractivity contribution >= 4 is 62.8 Å². The maximum atomic E-state index is 12.6. The standard InChI is InChI=1S/C18H13ClINO3S/c1-18(15(22)9-25-17(18)24)21-16(23)12-6-11(7-14(20)8-12)10-2-4-13(19)5-3-10/h2-8H,9H2,1H3,(H,21,23). The topological polar surface area (TPSA) is 63.2 Å². The van der Waals surface area contributed by atoms with Crippen molar-refractivity contribution in [2.75, 3.05) is 5.75 Å². The number of hydrogen-bond acceptors (Lipinski definition) is 4. The highest BCUT2D eigenvalue weighted by atomic mass is 127. The Balaban J connectivity index is 1.92. The number of nitrogens with one attached hydrogen (secondary N) is 1. The number of ketones is 1. The first-order valence-corrected chi connectivity index (χ1v) is 9.83. The van der Waals surface area contributed by atoms with E-state index in [2.05, 4.69) is 27.9 Å². The molecule has 1 saturated heterocycles. The summed E-state index contributed by atoms with van der Waals surface area (Å²) in [6.07, 6.45) is 0. The van der Waals surface area contributed by atoms with Crippen molar-refractivity contribution in [1.82, 2.24) is 5.32 Å². The van der Waals surface area contributed by atoms with E-state index in [1.165, 1.54) is 6.92 Å². The molecule has 0 bridgehead atoms. The average molecular weight is 486 g/mol. The van der Waals surface area contributed by atoms with E-state index in [0.717, 1.165) is 26.5 Å². The third-order valence-electron chi connectivity index (χ3n) is 4.00. The summed E-state index contributed by atoms with van der Waals surface area (Å²) < 4.78 is 0.874. The molecule has 4 nitrogen and oxygen atoms in total. The van der Waals surface area contributed by atoms with Crippen LogP contribution in [-0.2, 0) is 9.59 Å². The predicted molar refractivity (Wildman–Crippen MR) is 108 cm³/mol. The molecule has 1 unspecified atom stereocenters. The molecule has 1 aliphatic rings. The smallest absolute Gasteiger partial charge is 0.252 e. The van der Waals surface area contributed by atoms with Crippen molar-refractivity contribution in [2.24, 2.45) is 0 Å². The van der Waals surface area contributed by atoms with Crippen LogP contribution in [-0.4, -0.2) is 28.1 Å². The van der Waals surface area contributed by atoms with Crippen molar-refractivity contribution in [1.29, 1.82) is 0 Å². The van der Waals surface area contributed by atoms with Crippen molar-refractivity contribution in [3.05, 3.63) is 56.6 Å². The molecule has 0 radical (unpaired) electrons. The van der Waals surface area contributed by atoms with Crippen LogP contribution in [0.5, 0.6) is 0 Å². The predicted octanol–water partition coefficient (Wildman–Crippen LogP) is 3.94. The normalized spacial score (nSPS) is 20.0. The van der Waals surface area contributed by atoms with Crippen molar-refractivity contribution in [3.8, 4) is 11.1 Å². The first-order valence-electron chi connectivity index (χ1n) is 7.39. The second kappa shape index (κ2) is 7.09. The molecule has 1 heterocycles. The van der Waals surface area contributed by atoms with Crippen LogP contribution in [0, 0.1) is 3.57 Å². The van der Waals surface area contributed by atoms with Crippen LogP contribution in [0.4, 0.5) is 0 Å².